The standard InChI is InChI=1S/C20H14N4O3S/c1-26-14-8-6-12(7-9-14)18-21-22-20-24(18)23-16(11-28-20)15-10-13-4-2-3-5-17(13)27-19(15)25/h2-10H,11H2,1H3. The Hall–Kier alpha value is -3.39. The SMILES string of the molecule is COc1ccc(-c2nnc3n2N=C(c2cc4ccccc4oc2=O)CS3)cc1. The number of aromatic nitrogens is 3. The van der Waals surface area contributed by atoms with Crippen molar-refractivity contribution >= 4 is 28.4 Å². The van der Waals surface area contributed by atoms with Crippen LogP contribution < -0.4 is 10.4 Å². The Morgan fingerprint density at radius 2 is 1.93 bits per heavy atom. The fourth-order valence-electron chi connectivity index (χ4n) is 3.04. The predicted molar refractivity (Wildman–Crippen MR) is 107 cm³/mol. The average Bonchev–Trinajstić information content (AvgIpc) is 3.16. The van der Waals surface area contributed by atoms with E-state index >= 15 is 0 Å². The topological polar surface area (TPSA) is 82.5 Å². The van der Waals surface area contributed by atoms with Crippen LogP contribution >= 0.6 is 11.8 Å². The summed E-state index contributed by atoms with van der Waals surface area (Å²) in [6.45, 7) is 0. The number of methoxy groups -OCH3 is 1. The molecule has 4 aromatic rings. The lowest BCUT2D eigenvalue weighted by molar-refractivity contribution is 0.415. The van der Waals surface area contributed by atoms with Crippen LogP contribution in [0.2, 0.25) is 0 Å². The van der Waals surface area contributed by atoms with E-state index in [0.29, 0.717) is 33.6 Å². The van der Waals surface area contributed by atoms with Gasteiger partial charge in [-0.05, 0) is 36.4 Å². The van der Waals surface area contributed by atoms with Crippen LogP contribution in [0.1, 0.15) is 5.56 Å². The van der Waals surface area contributed by atoms with Gasteiger partial charge in [-0.3, -0.25) is 0 Å². The van der Waals surface area contributed by atoms with Crippen molar-refractivity contribution in [2.75, 3.05) is 12.9 Å². The molecule has 8 heteroatoms. The molecule has 5 rings (SSSR count). The Bertz CT molecular complexity index is 1270. The van der Waals surface area contributed by atoms with E-state index < -0.39 is 5.63 Å². The highest BCUT2D eigenvalue weighted by atomic mass is 32.2. The molecule has 1 aliphatic heterocycles. The summed E-state index contributed by atoms with van der Waals surface area (Å²) < 4.78 is 12.3. The van der Waals surface area contributed by atoms with Crippen LogP contribution in [0.4, 0.5) is 0 Å². The molecule has 2 aromatic carbocycles. The lowest BCUT2D eigenvalue weighted by Crippen LogP contribution is -2.20. The summed E-state index contributed by atoms with van der Waals surface area (Å²) in [4.78, 5) is 12.5. The maximum Gasteiger partial charge on any atom is 0.345 e. The summed E-state index contributed by atoms with van der Waals surface area (Å²) in [6.07, 6.45) is 0. The third-order valence-electron chi connectivity index (χ3n) is 4.47. The fourth-order valence-corrected chi connectivity index (χ4v) is 3.87. The largest absolute Gasteiger partial charge is 0.497 e. The van der Waals surface area contributed by atoms with Gasteiger partial charge in [0, 0.05) is 16.7 Å². The molecule has 0 saturated carbocycles. The summed E-state index contributed by atoms with van der Waals surface area (Å²) in [6, 6.07) is 16.8. The zero-order valence-corrected chi connectivity index (χ0v) is 15.6. The summed E-state index contributed by atoms with van der Waals surface area (Å²) in [5.74, 6) is 1.88. The molecule has 2 aromatic heterocycles. The molecule has 0 saturated heterocycles. The second-order valence-corrected chi connectivity index (χ2v) is 7.11. The quantitative estimate of drug-likeness (QED) is 0.499. The molecule has 138 valence electrons. The summed E-state index contributed by atoms with van der Waals surface area (Å²) >= 11 is 1.48. The van der Waals surface area contributed by atoms with E-state index in [9.17, 15) is 4.79 Å². The van der Waals surface area contributed by atoms with Crippen LogP contribution in [-0.4, -0.2) is 33.4 Å². The number of ether oxygens (including phenoxy) is 1. The number of rotatable bonds is 3. The summed E-state index contributed by atoms with van der Waals surface area (Å²) in [5, 5.41) is 14.7. The highest BCUT2D eigenvalue weighted by Crippen LogP contribution is 2.29. The maximum atomic E-state index is 12.5. The van der Waals surface area contributed by atoms with Crippen LogP contribution in [0.5, 0.6) is 5.75 Å². The average molecular weight is 390 g/mol. The van der Waals surface area contributed by atoms with Gasteiger partial charge in [-0.15, -0.1) is 10.2 Å². The van der Waals surface area contributed by atoms with E-state index in [1.165, 1.54) is 11.8 Å². The number of nitrogens with zero attached hydrogens (tertiary/aromatic N) is 4. The van der Waals surface area contributed by atoms with Gasteiger partial charge in [0.15, 0.2) is 5.82 Å². The van der Waals surface area contributed by atoms with Crippen molar-refractivity contribution in [1.82, 2.24) is 14.9 Å². The van der Waals surface area contributed by atoms with Crippen molar-refractivity contribution in [3.05, 3.63) is 70.6 Å². The van der Waals surface area contributed by atoms with Crippen molar-refractivity contribution in [2.45, 2.75) is 5.16 Å². The third kappa shape index (κ3) is 2.78. The Morgan fingerprint density at radius 1 is 1.11 bits per heavy atom. The Morgan fingerprint density at radius 3 is 2.75 bits per heavy atom. The Labute approximate surface area is 163 Å². The zero-order valence-electron chi connectivity index (χ0n) is 14.8. The van der Waals surface area contributed by atoms with Crippen molar-refractivity contribution in [3.63, 3.8) is 0 Å². The third-order valence-corrected chi connectivity index (χ3v) is 5.40. The fraction of sp³-hybridized carbons (Fsp3) is 0.100. The second kappa shape index (κ2) is 6.65. The number of benzene rings is 2. The molecule has 28 heavy (non-hydrogen) atoms. The second-order valence-electron chi connectivity index (χ2n) is 6.17. The molecule has 0 atom stereocenters. The van der Waals surface area contributed by atoms with Crippen LogP contribution in [0, 0.1) is 0 Å². The van der Waals surface area contributed by atoms with E-state index in [1.54, 1.807) is 17.9 Å². The molecule has 0 aliphatic carbocycles. The minimum atomic E-state index is -0.402. The minimum absolute atomic E-state index is 0.402. The Balaban J connectivity index is 1.61. The van der Waals surface area contributed by atoms with E-state index in [4.69, 9.17) is 9.15 Å². The summed E-state index contributed by atoms with van der Waals surface area (Å²) in [5.41, 5.74) is 2.10. The first kappa shape index (κ1) is 16.8. The van der Waals surface area contributed by atoms with E-state index in [2.05, 4.69) is 15.3 Å². The van der Waals surface area contributed by atoms with E-state index in [-0.39, 0.29) is 0 Å². The minimum Gasteiger partial charge on any atom is -0.497 e. The number of hydrogen-bond donors (Lipinski definition) is 0. The lowest BCUT2D eigenvalue weighted by atomic mass is 10.1. The molecule has 0 amide bonds. The molecule has 3 heterocycles. The molecular formula is C20H14N4O3S. The highest BCUT2D eigenvalue weighted by Gasteiger charge is 2.23. The van der Waals surface area contributed by atoms with Crippen LogP contribution in [0.25, 0.3) is 22.4 Å². The lowest BCUT2D eigenvalue weighted by Gasteiger charge is -2.13. The number of fused-ring (bicyclic) bond motifs is 2. The maximum absolute atomic E-state index is 12.5. The molecule has 0 radical (unpaired) electrons. The molecule has 0 N–H and O–H groups in total. The molecule has 0 fully saturated rings. The highest BCUT2D eigenvalue weighted by molar-refractivity contribution is 7.99. The Kier molecular flexibility index (Phi) is 3.98. The van der Waals surface area contributed by atoms with Crippen LogP contribution in [0.15, 0.2) is 74.1 Å². The first-order chi connectivity index (χ1) is 13.7. The monoisotopic (exact) mass is 390 g/mol. The molecule has 1 aliphatic rings. The zero-order chi connectivity index (χ0) is 19.1. The van der Waals surface area contributed by atoms with Gasteiger partial charge in [-0.1, -0.05) is 30.0 Å². The van der Waals surface area contributed by atoms with Crippen molar-refractivity contribution in [2.24, 2.45) is 5.10 Å². The predicted octanol–water partition coefficient (Wildman–Crippen LogP) is 3.42. The van der Waals surface area contributed by atoms with Crippen LogP contribution in [0.3, 0.4) is 0 Å². The smallest absolute Gasteiger partial charge is 0.345 e. The number of para-hydroxylation sites is 1. The van der Waals surface area contributed by atoms with Gasteiger partial charge in [0.25, 0.3) is 0 Å². The van der Waals surface area contributed by atoms with Gasteiger partial charge in [0.1, 0.15) is 11.3 Å². The van der Waals surface area contributed by atoms with E-state index in [1.807, 2.05) is 48.5 Å². The van der Waals surface area contributed by atoms with E-state index in [0.717, 1.165) is 16.7 Å². The van der Waals surface area contributed by atoms with Crippen molar-refractivity contribution < 1.29 is 9.15 Å². The molecule has 0 bridgehead atoms. The first-order valence-corrected chi connectivity index (χ1v) is 9.55. The molecule has 7 nitrogen and oxygen atoms in total. The number of thioether (sulfide) groups is 1. The molecule has 0 unspecified atom stereocenters. The van der Waals surface area contributed by atoms with Gasteiger partial charge in [0.05, 0.1) is 18.4 Å². The number of hydrogen-bond acceptors (Lipinski definition) is 7. The molecular weight excluding hydrogens is 376 g/mol. The normalized spacial score (nSPS) is 13.2. The van der Waals surface area contributed by atoms with Crippen molar-refractivity contribution in [1.29, 1.82) is 0 Å². The van der Waals surface area contributed by atoms with Gasteiger partial charge >= 0.3 is 5.63 Å². The van der Waals surface area contributed by atoms with Crippen LogP contribution in [-0.2, 0) is 0 Å². The van der Waals surface area contributed by atoms with Gasteiger partial charge in [-0.25, -0.2) is 4.79 Å². The first-order valence-electron chi connectivity index (χ1n) is 8.57. The van der Waals surface area contributed by atoms with Gasteiger partial charge in [0.2, 0.25) is 5.16 Å². The van der Waals surface area contributed by atoms with Crippen molar-refractivity contribution in [3.8, 4) is 17.1 Å². The van der Waals surface area contributed by atoms with Gasteiger partial charge in [-0.2, -0.15) is 9.78 Å². The molecule has 0 spiro atoms. The summed E-state index contributed by atoms with van der Waals surface area (Å²) in [7, 11) is 1.62. The van der Waals surface area contributed by atoms with Gasteiger partial charge < -0.3 is 9.15 Å².